The number of carbonyl (C=O) groups excluding carboxylic acids is 1. The summed E-state index contributed by atoms with van der Waals surface area (Å²) in [6.07, 6.45) is 3.30. The van der Waals surface area contributed by atoms with E-state index in [0.29, 0.717) is 22.4 Å². The van der Waals surface area contributed by atoms with Gasteiger partial charge in [0.2, 0.25) is 0 Å². The quantitative estimate of drug-likeness (QED) is 0.611. The number of hydrogen-bond donors (Lipinski definition) is 0. The number of hydrogen-bond acceptors (Lipinski definition) is 4. The highest BCUT2D eigenvalue weighted by Crippen LogP contribution is 2.34. The van der Waals surface area contributed by atoms with Crippen molar-refractivity contribution in [2.75, 3.05) is 0 Å². The number of rotatable bonds is 2. The first-order chi connectivity index (χ1) is 9.49. The van der Waals surface area contributed by atoms with E-state index in [9.17, 15) is 14.9 Å². The summed E-state index contributed by atoms with van der Waals surface area (Å²) in [7, 11) is 0. The molecule has 1 heterocycles. The fourth-order valence-electron chi connectivity index (χ4n) is 2.44. The number of nitrogens with zero attached hydrogens (tertiary/aromatic N) is 2. The van der Waals surface area contributed by atoms with Crippen LogP contribution in [-0.4, -0.2) is 16.4 Å². The SMILES string of the molecule is CC(C)C1=CN=C2C(=Cc3cc([N+](=O)[O-])ccc32)C1=O. The third kappa shape index (κ3) is 1.71. The summed E-state index contributed by atoms with van der Waals surface area (Å²) < 4.78 is 0. The van der Waals surface area contributed by atoms with Crippen LogP contribution in [0.4, 0.5) is 5.69 Å². The molecule has 1 aliphatic heterocycles. The lowest BCUT2D eigenvalue weighted by Gasteiger charge is -2.15. The van der Waals surface area contributed by atoms with Crippen molar-refractivity contribution < 1.29 is 9.72 Å². The van der Waals surface area contributed by atoms with Crippen molar-refractivity contribution in [3.8, 4) is 0 Å². The van der Waals surface area contributed by atoms with Crippen LogP contribution < -0.4 is 0 Å². The zero-order valence-electron chi connectivity index (χ0n) is 11.1. The maximum atomic E-state index is 12.4. The average Bonchev–Trinajstić information content (AvgIpc) is 2.77. The van der Waals surface area contributed by atoms with E-state index in [1.807, 2.05) is 13.8 Å². The molecule has 0 amide bonds. The highest BCUT2D eigenvalue weighted by Gasteiger charge is 2.31. The number of carbonyl (C=O) groups is 1. The van der Waals surface area contributed by atoms with Gasteiger partial charge in [-0.2, -0.15) is 0 Å². The van der Waals surface area contributed by atoms with Gasteiger partial charge in [-0.15, -0.1) is 0 Å². The molecule has 0 bridgehead atoms. The molecule has 5 heteroatoms. The molecule has 0 radical (unpaired) electrons. The predicted octanol–water partition coefficient (Wildman–Crippen LogP) is 2.90. The molecule has 0 aromatic heterocycles. The summed E-state index contributed by atoms with van der Waals surface area (Å²) in [6, 6.07) is 4.56. The van der Waals surface area contributed by atoms with Gasteiger partial charge in [0, 0.05) is 35.0 Å². The van der Waals surface area contributed by atoms with E-state index in [0.717, 1.165) is 5.56 Å². The van der Waals surface area contributed by atoms with Crippen molar-refractivity contribution in [3.05, 3.63) is 56.8 Å². The standard InChI is InChI=1S/C15H12N2O3/c1-8(2)13-7-16-14-11-4-3-10(17(19)20)5-9(11)6-12(14)15(13)18/h3-8H,1-2H3. The summed E-state index contributed by atoms with van der Waals surface area (Å²) in [5, 5.41) is 10.8. The Hall–Kier alpha value is -2.56. The Labute approximate surface area is 115 Å². The fourth-order valence-corrected chi connectivity index (χ4v) is 2.44. The normalized spacial score (nSPS) is 16.4. The molecule has 3 rings (SSSR count). The van der Waals surface area contributed by atoms with Gasteiger partial charge in [-0.05, 0) is 23.6 Å². The maximum Gasteiger partial charge on any atom is 0.270 e. The lowest BCUT2D eigenvalue weighted by molar-refractivity contribution is -0.384. The molecular formula is C15H12N2O3. The van der Waals surface area contributed by atoms with Crippen molar-refractivity contribution in [2.24, 2.45) is 10.9 Å². The van der Waals surface area contributed by atoms with Gasteiger partial charge in [-0.1, -0.05) is 13.8 Å². The van der Waals surface area contributed by atoms with E-state index < -0.39 is 4.92 Å². The number of nitro benzene ring substituents is 1. The Morgan fingerprint density at radius 2 is 2.05 bits per heavy atom. The monoisotopic (exact) mass is 268 g/mol. The average molecular weight is 268 g/mol. The van der Waals surface area contributed by atoms with Crippen LogP contribution in [0.2, 0.25) is 0 Å². The van der Waals surface area contributed by atoms with Gasteiger partial charge in [0.15, 0.2) is 5.78 Å². The number of Topliss-reactive ketones (excluding diaryl/α,β-unsaturated/α-hetero) is 1. The Morgan fingerprint density at radius 1 is 1.30 bits per heavy atom. The molecule has 1 aromatic carbocycles. The minimum Gasteiger partial charge on any atom is -0.289 e. The van der Waals surface area contributed by atoms with Crippen LogP contribution in [0.3, 0.4) is 0 Å². The summed E-state index contributed by atoms with van der Waals surface area (Å²) in [5.74, 6) is 0.0654. The molecule has 0 saturated carbocycles. The molecular weight excluding hydrogens is 256 g/mol. The Balaban J connectivity index is 2.12. The van der Waals surface area contributed by atoms with Crippen molar-refractivity contribution in [3.63, 3.8) is 0 Å². The van der Waals surface area contributed by atoms with Crippen molar-refractivity contribution in [1.29, 1.82) is 0 Å². The molecule has 1 aliphatic carbocycles. The van der Waals surface area contributed by atoms with Crippen molar-refractivity contribution in [1.82, 2.24) is 0 Å². The smallest absolute Gasteiger partial charge is 0.270 e. The van der Waals surface area contributed by atoms with Crippen molar-refractivity contribution >= 4 is 23.3 Å². The molecule has 0 atom stereocenters. The fraction of sp³-hybridized carbons (Fsp3) is 0.200. The minimum absolute atomic E-state index is 0.0179. The molecule has 0 fully saturated rings. The van der Waals surface area contributed by atoms with Gasteiger partial charge >= 0.3 is 0 Å². The topological polar surface area (TPSA) is 72.6 Å². The number of nitro groups is 1. The second-order valence-electron chi connectivity index (χ2n) is 5.13. The van der Waals surface area contributed by atoms with E-state index in [4.69, 9.17) is 0 Å². The van der Waals surface area contributed by atoms with E-state index in [1.54, 1.807) is 18.3 Å². The largest absolute Gasteiger partial charge is 0.289 e. The number of non-ortho nitro benzene ring substituents is 1. The first kappa shape index (κ1) is 12.5. The zero-order valence-corrected chi connectivity index (χ0v) is 11.1. The van der Waals surface area contributed by atoms with Crippen molar-refractivity contribution in [2.45, 2.75) is 13.8 Å². The van der Waals surface area contributed by atoms with Crippen LogP contribution in [-0.2, 0) is 4.79 Å². The minimum atomic E-state index is -0.442. The summed E-state index contributed by atoms with van der Waals surface area (Å²) in [5.41, 5.74) is 3.29. The summed E-state index contributed by atoms with van der Waals surface area (Å²) in [4.78, 5) is 27.1. The van der Waals surface area contributed by atoms with E-state index in [1.165, 1.54) is 12.1 Å². The molecule has 0 saturated heterocycles. The number of aliphatic imine (C=N–C) groups is 1. The Morgan fingerprint density at radius 3 is 2.70 bits per heavy atom. The van der Waals surface area contributed by atoms with Gasteiger partial charge in [-0.3, -0.25) is 19.9 Å². The second kappa shape index (κ2) is 4.23. The lowest BCUT2D eigenvalue weighted by Crippen LogP contribution is -2.19. The maximum absolute atomic E-state index is 12.4. The molecule has 5 nitrogen and oxygen atoms in total. The van der Waals surface area contributed by atoms with Crippen LogP contribution in [0.1, 0.15) is 25.0 Å². The first-order valence-electron chi connectivity index (χ1n) is 6.32. The summed E-state index contributed by atoms with van der Waals surface area (Å²) in [6.45, 7) is 3.88. The third-order valence-corrected chi connectivity index (χ3v) is 3.52. The third-order valence-electron chi connectivity index (χ3n) is 3.52. The van der Waals surface area contributed by atoms with Crippen LogP contribution in [0.15, 0.2) is 40.5 Å². The Bertz CT molecular complexity index is 739. The van der Waals surface area contributed by atoms with Gasteiger partial charge in [0.05, 0.1) is 10.6 Å². The van der Waals surface area contributed by atoms with Crippen LogP contribution in [0, 0.1) is 16.0 Å². The molecule has 0 unspecified atom stereocenters. The predicted molar refractivity (Wildman–Crippen MR) is 75.5 cm³/mol. The zero-order chi connectivity index (χ0) is 14.4. The lowest BCUT2D eigenvalue weighted by atomic mass is 9.91. The molecule has 0 N–H and O–H groups in total. The van der Waals surface area contributed by atoms with E-state index in [-0.39, 0.29) is 17.4 Å². The van der Waals surface area contributed by atoms with Crippen LogP contribution >= 0.6 is 0 Å². The van der Waals surface area contributed by atoms with Crippen LogP contribution in [0.5, 0.6) is 0 Å². The molecule has 100 valence electrons. The second-order valence-corrected chi connectivity index (χ2v) is 5.13. The van der Waals surface area contributed by atoms with Gasteiger partial charge < -0.3 is 0 Å². The van der Waals surface area contributed by atoms with Gasteiger partial charge in [-0.25, -0.2) is 0 Å². The number of fused-ring (bicyclic) bond motifs is 3. The molecule has 1 aromatic rings. The molecule has 2 aliphatic rings. The first-order valence-corrected chi connectivity index (χ1v) is 6.32. The van der Waals surface area contributed by atoms with E-state index in [2.05, 4.69) is 4.99 Å². The highest BCUT2D eigenvalue weighted by molar-refractivity contribution is 6.39. The molecule has 0 spiro atoms. The van der Waals surface area contributed by atoms with Gasteiger partial charge in [0.25, 0.3) is 5.69 Å². The highest BCUT2D eigenvalue weighted by atomic mass is 16.6. The van der Waals surface area contributed by atoms with Gasteiger partial charge in [0.1, 0.15) is 0 Å². The summed E-state index contributed by atoms with van der Waals surface area (Å²) >= 11 is 0. The van der Waals surface area contributed by atoms with E-state index >= 15 is 0 Å². The van der Waals surface area contributed by atoms with Crippen LogP contribution in [0.25, 0.3) is 6.08 Å². The number of allylic oxidation sites excluding steroid dienone is 2. The molecule has 20 heavy (non-hydrogen) atoms. The Kier molecular flexibility index (Phi) is 2.64. The number of ketones is 1. The number of benzene rings is 1.